The van der Waals surface area contributed by atoms with Crippen molar-refractivity contribution in [3.05, 3.63) is 38.9 Å². The van der Waals surface area contributed by atoms with E-state index in [1.165, 1.54) is 25.1 Å². The maximum Gasteiger partial charge on any atom is 0.329 e. The molecule has 9 heteroatoms. The van der Waals surface area contributed by atoms with E-state index in [2.05, 4.69) is 5.10 Å². The Morgan fingerprint density at radius 2 is 2.11 bits per heavy atom. The number of hydrazone groups is 1. The Kier molecular flexibility index (Phi) is 4.54. The van der Waals surface area contributed by atoms with Crippen molar-refractivity contribution in [3.63, 3.8) is 0 Å². The SMILES string of the molecule is CC(=NNC(=O)C(N)=O)c1ccc(Cl)c([N+](=O)[O-])c1. The smallest absolute Gasteiger partial charge is 0.329 e. The predicted molar refractivity (Wildman–Crippen MR) is 67.7 cm³/mol. The highest BCUT2D eigenvalue weighted by atomic mass is 35.5. The second kappa shape index (κ2) is 5.91. The van der Waals surface area contributed by atoms with E-state index in [4.69, 9.17) is 17.3 Å². The Morgan fingerprint density at radius 3 is 2.63 bits per heavy atom. The molecular weight excluding hydrogens is 276 g/mol. The van der Waals surface area contributed by atoms with E-state index < -0.39 is 16.7 Å². The Hall–Kier alpha value is -2.48. The van der Waals surface area contributed by atoms with Crippen molar-refractivity contribution < 1.29 is 14.5 Å². The number of rotatable bonds is 3. The van der Waals surface area contributed by atoms with Gasteiger partial charge in [0.05, 0.1) is 10.6 Å². The van der Waals surface area contributed by atoms with Crippen LogP contribution in [0.2, 0.25) is 5.02 Å². The molecule has 8 nitrogen and oxygen atoms in total. The maximum atomic E-state index is 10.9. The van der Waals surface area contributed by atoms with E-state index in [-0.39, 0.29) is 16.4 Å². The molecule has 0 atom stereocenters. The summed E-state index contributed by atoms with van der Waals surface area (Å²) in [5.74, 6) is -2.26. The van der Waals surface area contributed by atoms with Crippen LogP contribution in [0.1, 0.15) is 12.5 Å². The molecule has 0 spiro atoms. The third-order valence-corrected chi connectivity index (χ3v) is 2.43. The number of nitrogens with zero attached hydrogens (tertiary/aromatic N) is 2. The number of benzene rings is 1. The van der Waals surface area contributed by atoms with E-state index in [0.29, 0.717) is 5.56 Å². The van der Waals surface area contributed by atoms with Crippen LogP contribution in [-0.2, 0) is 9.59 Å². The van der Waals surface area contributed by atoms with E-state index in [0.717, 1.165) is 0 Å². The zero-order chi connectivity index (χ0) is 14.6. The molecule has 0 radical (unpaired) electrons. The molecule has 0 saturated carbocycles. The lowest BCUT2D eigenvalue weighted by atomic mass is 10.1. The number of hydrogen-bond donors (Lipinski definition) is 2. The summed E-state index contributed by atoms with van der Waals surface area (Å²) in [6.45, 7) is 1.49. The van der Waals surface area contributed by atoms with Crippen LogP contribution in [0.25, 0.3) is 0 Å². The van der Waals surface area contributed by atoms with E-state index in [1.54, 1.807) is 0 Å². The third kappa shape index (κ3) is 3.75. The number of primary amides is 1. The number of carbonyl (C=O) groups is 2. The molecule has 0 aliphatic rings. The summed E-state index contributed by atoms with van der Waals surface area (Å²) < 4.78 is 0. The molecule has 1 rings (SSSR count). The second-order valence-corrected chi connectivity index (χ2v) is 3.83. The van der Waals surface area contributed by atoms with Crippen LogP contribution in [0.3, 0.4) is 0 Å². The fourth-order valence-corrected chi connectivity index (χ4v) is 1.32. The molecule has 0 saturated heterocycles. The van der Waals surface area contributed by atoms with Crippen LogP contribution < -0.4 is 11.2 Å². The monoisotopic (exact) mass is 284 g/mol. The molecule has 0 unspecified atom stereocenters. The van der Waals surface area contributed by atoms with Crippen molar-refractivity contribution >= 4 is 34.8 Å². The van der Waals surface area contributed by atoms with Crippen molar-refractivity contribution in [2.75, 3.05) is 0 Å². The minimum Gasteiger partial charge on any atom is -0.361 e. The Morgan fingerprint density at radius 1 is 1.47 bits per heavy atom. The van der Waals surface area contributed by atoms with Crippen LogP contribution >= 0.6 is 11.6 Å². The van der Waals surface area contributed by atoms with Gasteiger partial charge in [0, 0.05) is 11.6 Å². The standard InChI is InChI=1S/C10H9ClN4O4/c1-5(13-14-10(17)9(12)16)6-2-3-7(11)8(4-6)15(18)19/h2-4H,1H3,(H2,12,16)(H,14,17). The van der Waals surface area contributed by atoms with Gasteiger partial charge < -0.3 is 5.73 Å². The number of nitrogens with two attached hydrogens (primary N) is 1. The minimum atomic E-state index is -1.18. The summed E-state index contributed by atoms with van der Waals surface area (Å²) >= 11 is 5.65. The highest BCUT2D eigenvalue weighted by Gasteiger charge is 2.14. The lowest BCUT2D eigenvalue weighted by molar-refractivity contribution is -0.384. The molecule has 19 heavy (non-hydrogen) atoms. The van der Waals surface area contributed by atoms with Crippen molar-refractivity contribution in [1.29, 1.82) is 0 Å². The average molecular weight is 285 g/mol. The molecule has 3 N–H and O–H groups in total. The quantitative estimate of drug-likeness (QED) is 0.364. The molecule has 0 aliphatic carbocycles. The minimum absolute atomic E-state index is 0.0114. The Bertz CT molecular complexity index is 585. The number of nitro groups is 1. The molecule has 0 aromatic heterocycles. The molecule has 2 amide bonds. The number of carbonyl (C=O) groups excluding carboxylic acids is 2. The highest BCUT2D eigenvalue weighted by molar-refractivity contribution is 6.34. The average Bonchev–Trinajstić information content (AvgIpc) is 2.35. The Balaban J connectivity index is 3.00. The van der Waals surface area contributed by atoms with Crippen molar-refractivity contribution in [3.8, 4) is 0 Å². The van der Waals surface area contributed by atoms with Gasteiger partial charge in [-0.05, 0) is 13.0 Å². The number of amides is 2. The topological polar surface area (TPSA) is 128 Å². The van der Waals surface area contributed by atoms with Crippen LogP contribution in [0.5, 0.6) is 0 Å². The molecule has 0 fully saturated rings. The van der Waals surface area contributed by atoms with E-state index in [1.807, 2.05) is 5.43 Å². The van der Waals surface area contributed by atoms with Gasteiger partial charge in [0.1, 0.15) is 5.02 Å². The lowest BCUT2D eigenvalue weighted by Crippen LogP contribution is -2.33. The van der Waals surface area contributed by atoms with Crippen LogP contribution in [0, 0.1) is 10.1 Å². The zero-order valence-electron chi connectivity index (χ0n) is 9.71. The van der Waals surface area contributed by atoms with Crippen molar-refractivity contribution in [2.45, 2.75) is 6.92 Å². The van der Waals surface area contributed by atoms with Crippen LogP contribution in [0.4, 0.5) is 5.69 Å². The molecule has 0 aliphatic heterocycles. The van der Waals surface area contributed by atoms with Crippen molar-refractivity contribution in [1.82, 2.24) is 5.43 Å². The summed E-state index contributed by atoms with van der Waals surface area (Å²) in [5, 5.41) is 14.3. The molecular formula is C10H9ClN4O4. The number of nitrogens with one attached hydrogen (secondary N) is 1. The van der Waals surface area contributed by atoms with Crippen LogP contribution in [0.15, 0.2) is 23.3 Å². The van der Waals surface area contributed by atoms with Crippen molar-refractivity contribution in [2.24, 2.45) is 10.8 Å². The van der Waals surface area contributed by atoms with Gasteiger partial charge in [-0.25, -0.2) is 5.43 Å². The van der Waals surface area contributed by atoms with Gasteiger partial charge in [0.15, 0.2) is 0 Å². The fraction of sp³-hybridized carbons (Fsp3) is 0.100. The van der Waals surface area contributed by atoms with Gasteiger partial charge in [-0.3, -0.25) is 19.7 Å². The normalized spacial score (nSPS) is 10.9. The molecule has 1 aromatic rings. The summed E-state index contributed by atoms with van der Waals surface area (Å²) in [5.41, 5.74) is 6.98. The van der Waals surface area contributed by atoms with E-state index >= 15 is 0 Å². The first kappa shape index (κ1) is 14.6. The molecule has 0 heterocycles. The van der Waals surface area contributed by atoms with E-state index in [9.17, 15) is 19.7 Å². The molecule has 1 aromatic carbocycles. The van der Waals surface area contributed by atoms with Gasteiger partial charge in [0.2, 0.25) is 0 Å². The zero-order valence-corrected chi connectivity index (χ0v) is 10.5. The summed E-state index contributed by atoms with van der Waals surface area (Å²) in [7, 11) is 0. The molecule has 0 bridgehead atoms. The largest absolute Gasteiger partial charge is 0.361 e. The first-order valence-electron chi connectivity index (χ1n) is 4.91. The molecule has 100 valence electrons. The Labute approximate surface area is 112 Å². The summed E-state index contributed by atoms with van der Waals surface area (Å²) in [4.78, 5) is 31.4. The first-order chi connectivity index (χ1) is 8.82. The van der Waals surface area contributed by atoms with Gasteiger partial charge >= 0.3 is 11.8 Å². The van der Waals surface area contributed by atoms with Gasteiger partial charge in [0.25, 0.3) is 5.69 Å². The predicted octanol–water partition coefficient (Wildman–Crippen LogP) is 0.574. The third-order valence-electron chi connectivity index (χ3n) is 2.11. The van der Waals surface area contributed by atoms with Gasteiger partial charge in [-0.15, -0.1) is 0 Å². The summed E-state index contributed by atoms with van der Waals surface area (Å²) in [6.07, 6.45) is 0. The fourth-order valence-electron chi connectivity index (χ4n) is 1.13. The summed E-state index contributed by atoms with van der Waals surface area (Å²) in [6, 6.07) is 4.03. The second-order valence-electron chi connectivity index (χ2n) is 3.43. The van der Waals surface area contributed by atoms with Gasteiger partial charge in [-0.1, -0.05) is 17.7 Å². The number of hydrogen-bond acceptors (Lipinski definition) is 5. The van der Waals surface area contributed by atoms with Crippen LogP contribution in [-0.4, -0.2) is 22.4 Å². The maximum absolute atomic E-state index is 10.9. The number of nitro benzene ring substituents is 1. The van der Waals surface area contributed by atoms with Gasteiger partial charge in [-0.2, -0.15) is 5.10 Å². The lowest BCUT2D eigenvalue weighted by Gasteiger charge is -2.02. The number of halogens is 1. The first-order valence-corrected chi connectivity index (χ1v) is 5.29. The highest BCUT2D eigenvalue weighted by Crippen LogP contribution is 2.25.